The van der Waals surface area contributed by atoms with E-state index in [1.807, 2.05) is 64.6 Å². The first-order valence-corrected chi connectivity index (χ1v) is 14.9. The summed E-state index contributed by atoms with van der Waals surface area (Å²) in [6.45, 7) is 13.5. The number of hydrogen-bond donors (Lipinski definition) is 0. The van der Waals surface area contributed by atoms with Crippen LogP contribution in [0.3, 0.4) is 0 Å². The van der Waals surface area contributed by atoms with Gasteiger partial charge in [-0.05, 0) is 89.1 Å². The molecule has 1 fully saturated rings. The minimum atomic E-state index is -0.600. The first-order valence-electron chi connectivity index (χ1n) is 14.9. The SMILES string of the molecule is CCn1cc(C(=O)N(Cc2ccco2)c2ccc(C)c(C)c2)c(=O)c2cc(F)c(N3CCN(C(=O)OC(C)(C)C)CC3)cc21. The largest absolute Gasteiger partial charge is 0.467 e. The van der Waals surface area contributed by atoms with Gasteiger partial charge in [-0.25, -0.2) is 9.18 Å². The molecular weight excluding hydrogens is 563 g/mol. The summed E-state index contributed by atoms with van der Waals surface area (Å²) in [6, 6.07) is 12.1. The van der Waals surface area contributed by atoms with Gasteiger partial charge >= 0.3 is 6.09 Å². The van der Waals surface area contributed by atoms with Gasteiger partial charge in [-0.1, -0.05) is 6.07 Å². The van der Waals surface area contributed by atoms with Crippen molar-refractivity contribution in [1.29, 1.82) is 0 Å². The Balaban J connectivity index is 1.49. The van der Waals surface area contributed by atoms with Crippen LogP contribution in [-0.4, -0.2) is 53.2 Å². The van der Waals surface area contributed by atoms with Crippen LogP contribution in [-0.2, 0) is 17.8 Å². The van der Waals surface area contributed by atoms with Crippen molar-refractivity contribution in [2.24, 2.45) is 0 Å². The highest BCUT2D eigenvalue weighted by molar-refractivity contribution is 6.07. The molecule has 0 spiro atoms. The van der Waals surface area contributed by atoms with Crippen molar-refractivity contribution < 1.29 is 23.1 Å². The van der Waals surface area contributed by atoms with Crippen molar-refractivity contribution in [1.82, 2.24) is 9.47 Å². The molecule has 9 nitrogen and oxygen atoms in total. The Morgan fingerprint density at radius 2 is 1.75 bits per heavy atom. The summed E-state index contributed by atoms with van der Waals surface area (Å²) in [4.78, 5) is 45.4. The van der Waals surface area contributed by atoms with Gasteiger partial charge in [0.05, 0.1) is 24.0 Å². The first kappa shape index (κ1) is 30.8. The van der Waals surface area contributed by atoms with Crippen LogP contribution in [0.25, 0.3) is 10.9 Å². The first-order chi connectivity index (χ1) is 20.9. The van der Waals surface area contributed by atoms with E-state index in [9.17, 15) is 14.4 Å². The van der Waals surface area contributed by atoms with Gasteiger partial charge in [-0.2, -0.15) is 0 Å². The third-order valence-corrected chi connectivity index (χ3v) is 7.93. The van der Waals surface area contributed by atoms with E-state index in [-0.39, 0.29) is 17.5 Å². The summed E-state index contributed by atoms with van der Waals surface area (Å²) >= 11 is 0. The zero-order chi connectivity index (χ0) is 31.8. The fourth-order valence-corrected chi connectivity index (χ4v) is 5.39. The van der Waals surface area contributed by atoms with E-state index in [2.05, 4.69) is 0 Å². The second-order valence-corrected chi connectivity index (χ2v) is 12.2. The molecule has 2 aromatic heterocycles. The summed E-state index contributed by atoms with van der Waals surface area (Å²) < 4.78 is 28.5. The lowest BCUT2D eigenvalue weighted by Crippen LogP contribution is -2.50. The Morgan fingerprint density at radius 3 is 2.36 bits per heavy atom. The number of nitrogens with zero attached hydrogens (tertiary/aromatic N) is 4. The number of carbonyl (C=O) groups is 2. The predicted molar refractivity (Wildman–Crippen MR) is 169 cm³/mol. The van der Waals surface area contributed by atoms with Gasteiger partial charge in [0.15, 0.2) is 0 Å². The molecule has 2 aromatic carbocycles. The number of anilines is 2. The normalized spacial score (nSPS) is 13.8. The lowest BCUT2D eigenvalue weighted by molar-refractivity contribution is 0.0240. The molecule has 5 rings (SSSR count). The molecule has 0 aliphatic carbocycles. The zero-order valence-electron chi connectivity index (χ0n) is 26.1. The highest BCUT2D eigenvalue weighted by Gasteiger charge is 2.29. The molecule has 0 radical (unpaired) electrons. The number of pyridine rings is 1. The lowest BCUT2D eigenvalue weighted by Gasteiger charge is -2.37. The minimum Gasteiger partial charge on any atom is -0.467 e. The van der Waals surface area contributed by atoms with Crippen molar-refractivity contribution in [2.75, 3.05) is 36.0 Å². The number of carbonyl (C=O) groups excluding carboxylic acids is 2. The fourth-order valence-electron chi connectivity index (χ4n) is 5.39. The number of aryl methyl sites for hydroxylation is 3. The molecule has 10 heteroatoms. The van der Waals surface area contributed by atoms with Gasteiger partial charge in [0.1, 0.15) is 22.7 Å². The van der Waals surface area contributed by atoms with E-state index in [4.69, 9.17) is 9.15 Å². The summed E-state index contributed by atoms with van der Waals surface area (Å²) in [6.07, 6.45) is 2.71. The number of fused-ring (bicyclic) bond motifs is 1. The minimum absolute atomic E-state index is 0.0535. The molecule has 2 amide bonds. The number of rotatable bonds is 6. The fraction of sp³-hybridized carbons (Fsp3) is 0.382. The van der Waals surface area contributed by atoms with Crippen molar-refractivity contribution in [3.8, 4) is 0 Å². The Hall–Kier alpha value is -4.60. The Bertz CT molecular complexity index is 1750. The number of amides is 2. The van der Waals surface area contributed by atoms with E-state index < -0.39 is 28.8 Å². The van der Waals surface area contributed by atoms with E-state index in [0.29, 0.717) is 55.4 Å². The topological polar surface area (TPSA) is 88.2 Å². The molecule has 232 valence electrons. The Morgan fingerprint density at radius 1 is 1.02 bits per heavy atom. The van der Waals surface area contributed by atoms with Gasteiger partial charge in [-0.3, -0.25) is 9.59 Å². The van der Waals surface area contributed by atoms with Crippen LogP contribution in [0.5, 0.6) is 0 Å². The van der Waals surface area contributed by atoms with E-state index in [1.165, 1.54) is 17.2 Å². The molecule has 3 heterocycles. The van der Waals surface area contributed by atoms with Gasteiger partial charge in [0.2, 0.25) is 5.43 Å². The molecule has 0 N–H and O–H groups in total. The molecular formula is C34H39FN4O5. The van der Waals surface area contributed by atoms with Crippen LogP contribution in [0.15, 0.2) is 64.1 Å². The van der Waals surface area contributed by atoms with Crippen molar-refractivity contribution >= 4 is 34.3 Å². The second-order valence-electron chi connectivity index (χ2n) is 12.2. The molecule has 0 saturated carbocycles. The van der Waals surface area contributed by atoms with Crippen LogP contribution < -0.4 is 15.2 Å². The quantitative estimate of drug-likeness (QED) is 0.258. The number of aromatic nitrogens is 1. The molecule has 1 aliphatic rings. The van der Waals surface area contributed by atoms with Gasteiger partial charge in [-0.15, -0.1) is 0 Å². The standard InChI is InChI=1S/C34H39FN4O5/c1-7-36-21-27(32(41)39(20-25-9-8-16-43-25)24-11-10-22(2)23(3)17-24)31(40)26-18-28(35)30(19-29(26)36)37-12-14-38(15-13-37)33(42)44-34(4,5)6/h8-11,16-19,21H,7,12-15,20H2,1-6H3. The number of halogens is 1. The number of hydrogen-bond acceptors (Lipinski definition) is 6. The monoisotopic (exact) mass is 602 g/mol. The van der Waals surface area contributed by atoms with Gasteiger partial charge in [0, 0.05) is 50.0 Å². The van der Waals surface area contributed by atoms with Crippen molar-refractivity contribution in [2.45, 2.75) is 60.2 Å². The molecule has 1 saturated heterocycles. The van der Waals surface area contributed by atoms with Crippen LogP contribution >= 0.6 is 0 Å². The van der Waals surface area contributed by atoms with Crippen LogP contribution in [0.1, 0.15) is 54.9 Å². The molecule has 1 aliphatic heterocycles. The summed E-state index contributed by atoms with van der Waals surface area (Å²) in [5.74, 6) is -0.494. The van der Waals surface area contributed by atoms with Crippen LogP contribution in [0.4, 0.5) is 20.6 Å². The summed E-state index contributed by atoms with van der Waals surface area (Å²) in [5.41, 5.74) is 2.40. The molecule has 0 bridgehead atoms. The zero-order valence-corrected chi connectivity index (χ0v) is 26.1. The Labute approximate surface area is 256 Å². The molecule has 0 atom stereocenters. The maximum atomic E-state index is 15.7. The summed E-state index contributed by atoms with van der Waals surface area (Å²) in [5, 5.41) is 0.129. The average molecular weight is 603 g/mol. The molecule has 44 heavy (non-hydrogen) atoms. The average Bonchev–Trinajstić information content (AvgIpc) is 3.50. The maximum absolute atomic E-state index is 15.7. The lowest BCUT2D eigenvalue weighted by atomic mass is 10.1. The van der Waals surface area contributed by atoms with E-state index in [1.54, 1.807) is 33.9 Å². The highest BCUT2D eigenvalue weighted by Crippen LogP contribution is 2.28. The van der Waals surface area contributed by atoms with Crippen LogP contribution in [0.2, 0.25) is 0 Å². The van der Waals surface area contributed by atoms with E-state index >= 15 is 4.39 Å². The predicted octanol–water partition coefficient (Wildman–Crippen LogP) is 6.27. The van der Waals surface area contributed by atoms with E-state index in [0.717, 1.165) is 11.1 Å². The summed E-state index contributed by atoms with van der Waals surface area (Å²) in [7, 11) is 0. The third kappa shape index (κ3) is 6.34. The smallest absolute Gasteiger partial charge is 0.410 e. The molecule has 0 unspecified atom stereocenters. The van der Waals surface area contributed by atoms with Crippen molar-refractivity contribution in [3.05, 3.63) is 93.4 Å². The maximum Gasteiger partial charge on any atom is 0.410 e. The van der Waals surface area contributed by atoms with Crippen molar-refractivity contribution in [3.63, 3.8) is 0 Å². The second kappa shape index (κ2) is 12.2. The molecule has 4 aromatic rings. The number of ether oxygens (including phenoxy) is 1. The van der Waals surface area contributed by atoms with Crippen LogP contribution in [0, 0.1) is 19.7 Å². The number of furan rings is 1. The number of piperazine rings is 1. The Kier molecular flexibility index (Phi) is 8.54. The highest BCUT2D eigenvalue weighted by atomic mass is 19.1. The van der Waals surface area contributed by atoms with Gasteiger partial charge < -0.3 is 28.4 Å². The number of benzene rings is 2. The van der Waals surface area contributed by atoms with Gasteiger partial charge in [0.25, 0.3) is 5.91 Å². The third-order valence-electron chi connectivity index (χ3n) is 7.93.